The number of carbonyl (C=O) groups excluding carboxylic acids is 2. The van der Waals surface area contributed by atoms with E-state index in [1.165, 1.54) is 5.56 Å². The molecule has 2 aromatic rings. The van der Waals surface area contributed by atoms with Gasteiger partial charge in [-0.2, -0.15) is 5.10 Å². The third-order valence-electron chi connectivity index (χ3n) is 5.93. The van der Waals surface area contributed by atoms with E-state index in [1.54, 1.807) is 15.6 Å². The van der Waals surface area contributed by atoms with Gasteiger partial charge in [0.2, 0.25) is 5.91 Å². The summed E-state index contributed by atoms with van der Waals surface area (Å²) in [5.41, 5.74) is 2.84. The van der Waals surface area contributed by atoms with Crippen LogP contribution in [-0.2, 0) is 4.79 Å². The maximum atomic E-state index is 12.3. The van der Waals surface area contributed by atoms with E-state index in [4.69, 9.17) is 0 Å². The predicted octanol–water partition coefficient (Wildman–Crippen LogP) is 2.12. The van der Waals surface area contributed by atoms with Crippen molar-refractivity contribution in [2.24, 2.45) is 5.92 Å². The Morgan fingerprint density at radius 2 is 1.86 bits per heavy atom. The van der Waals surface area contributed by atoms with Gasteiger partial charge in [-0.1, -0.05) is 13.8 Å². The van der Waals surface area contributed by atoms with E-state index in [2.05, 4.69) is 53.1 Å². The fourth-order valence-corrected chi connectivity index (χ4v) is 4.31. The van der Waals surface area contributed by atoms with Crippen molar-refractivity contribution in [1.29, 1.82) is 0 Å². The highest BCUT2D eigenvalue weighted by Gasteiger charge is 2.27. The summed E-state index contributed by atoms with van der Waals surface area (Å²) in [4.78, 5) is 30.4. The molecule has 1 atom stereocenters. The number of pyridine rings is 1. The Balaban J connectivity index is 1.51. The van der Waals surface area contributed by atoms with Gasteiger partial charge in [-0.25, -0.2) is 9.31 Å². The van der Waals surface area contributed by atoms with E-state index in [-0.39, 0.29) is 11.9 Å². The van der Waals surface area contributed by atoms with Gasteiger partial charge >= 0.3 is 6.03 Å². The van der Waals surface area contributed by atoms with Crippen LogP contribution in [0.15, 0.2) is 24.5 Å². The number of amides is 3. The SMILES string of the molecule is CC(C)CN1CCN(C(C)c2ccn3ncc(N4CCC(=O)NC4=O)c3c2)CC1. The topological polar surface area (TPSA) is 73.2 Å². The van der Waals surface area contributed by atoms with Crippen LogP contribution < -0.4 is 10.2 Å². The minimum Gasteiger partial charge on any atom is -0.301 e. The summed E-state index contributed by atoms with van der Waals surface area (Å²) in [6.07, 6.45) is 3.95. The Hall–Kier alpha value is -2.45. The second-order valence-electron chi connectivity index (χ2n) is 8.48. The number of hydrogen-bond donors (Lipinski definition) is 1. The van der Waals surface area contributed by atoms with Gasteiger partial charge in [-0.3, -0.25) is 19.9 Å². The van der Waals surface area contributed by atoms with Gasteiger partial charge in [-0.15, -0.1) is 0 Å². The van der Waals surface area contributed by atoms with Gasteiger partial charge in [0.15, 0.2) is 0 Å². The van der Waals surface area contributed by atoms with Gasteiger partial charge in [0.1, 0.15) is 0 Å². The number of nitrogens with zero attached hydrogens (tertiary/aromatic N) is 5. The van der Waals surface area contributed by atoms with Gasteiger partial charge < -0.3 is 4.90 Å². The molecule has 4 rings (SSSR count). The average Bonchev–Trinajstić information content (AvgIpc) is 3.10. The molecule has 0 spiro atoms. The maximum absolute atomic E-state index is 12.3. The molecular formula is C21H30N6O2. The first-order valence-corrected chi connectivity index (χ1v) is 10.5. The van der Waals surface area contributed by atoms with Crippen molar-refractivity contribution < 1.29 is 9.59 Å². The highest BCUT2D eigenvalue weighted by Crippen LogP contribution is 2.28. The molecule has 4 heterocycles. The number of anilines is 1. The van der Waals surface area contributed by atoms with Crippen LogP contribution >= 0.6 is 0 Å². The number of imide groups is 1. The van der Waals surface area contributed by atoms with Crippen molar-refractivity contribution in [2.45, 2.75) is 33.2 Å². The number of piperazine rings is 1. The van der Waals surface area contributed by atoms with Crippen molar-refractivity contribution in [1.82, 2.24) is 24.7 Å². The van der Waals surface area contributed by atoms with Gasteiger partial charge in [0.25, 0.3) is 0 Å². The lowest BCUT2D eigenvalue weighted by Gasteiger charge is -2.38. The summed E-state index contributed by atoms with van der Waals surface area (Å²) < 4.78 is 1.79. The number of carbonyl (C=O) groups is 2. The van der Waals surface area contributed by atoms with E-state index in [1.807, 2.05) is 6.20 Å². The minimum atomic E-state index is -0.379. The summed E-state index contributed by atoms with van der Waals surface area (Å²) >= 11 is 0. The molecule has 2 fully saturated rings. The summed E-state index contributed by atoms with van der Waals surface area (Å²) in [7, 11) is 0. The molecule has 2 aliphatic rings. The van der Waals surface area contributed by atoms with Crippen molar-refractivity contribution in [3.05, 3.63) is 30.1 Å². The van der Waals surface area contributed by atoms with Crippen molar-refractivity contribution in [3.63, 3.8) is 0 Å². The maximum Gasteiger partial charge on any atom is 0.328 e. The van der Waals surface area contributed by atoms with Crippen LogP contribution in [0.4, 0.5) is 10.5 Å². The zero-order valence-corrected chi connectivity index (χ0v) is 17.5. The molecule has 0 aromatic carbocycles. The van der Waals surface area contributed by atoms with Crippen LogP contribution in [0.25, 0.3) is 5.52 Å². The first-order chi connectivity index (χ1) is 13.9. The Bertz CT molecular complexity index is 900. The molecule has 0 aliphatic carbocycles. The second kappa shape index (κ2) is 8.12. The lowest BCUT2D eigenvalue weighted by atomic mass is 10.1. The molecule has 0 saturated carbocycles. The Labute approximate surface area is 171 Å². The van der Waals surface area contributed by atoms with E-state index >= 15 is 0 Å². The fourth-order valence-electron chi connectivity index (χ4n) is 4.31. The monoisotopic (exact) mass is 398 g/mol. The van der Waals surface area contributed by atoms with Crippen LogP contribution in [0.2, 0.25) is 0 Å². The number of aromatic nitrogens is 2. The summed E-state index contributed by atoms with van der Waals surface area (Å²) in [6.45, 7) is 12.6. The molecule has 3 amide bonds. The molecule has 1 unspecified atom stereocenters. The molecule has 8 nitrogen and oxygen atoms in total. The van der Waals surface area contributed by atoms with E-state index in [0.717, 1.165) is 43.9 Å². The minimum absolute atomic E-state index is 0.228. The predicted molar refractivity (Wildman–Crippen MR) is 112 cm³/mol. The molecule has 2 aromatic heterocycles. The third kappa shape index (κ3) is 4.13. The lowest BCUT2D eigenvalue weighted by Crippen LogP contribution is -2.49. The largest absolute Gasteiger partial charge is 0.328 e. The van der Waals surface area contributed by atoms with Crippen LogP contribution in [-0.4, -0.2) is 70.6 Å². The highest BCUT2D eigenvalue weighted by molar-refractivity contribution is 6.07. The van der Waals surface area contributed by atoms with Gasteiger partial charge in [0.05, 0.1) is 17.4 Å². The molecule has 0 radical (unpaired) electrons. The zero-order chi connectivity index (χ0) is 20.5. The Morgan fingerprint density at radius 3 is 2.55 bits per heavy atom. The molecule has 8 heteroatoms. The number of rotatable bonds is 5. The molecule has 0 bridgehead atoms. The molecule has 2 aliphatic heterocycles. The lowest BCUT2D eigenvalue weighted by molar-refractivity contribution is -0.120. The summed E-state index contributed by atoms with van der Waals surface area (Å²) in [5, 5.41) is 6.77. The smallest absolute Gasteiger partial charge is 0.301 e. The van der Waals surface area contributed by atoms with Crippen LogP contribution in [0, 0.1) is 5.92 Å². The number of urea groups is 1. The molecule has 29 heavy (non-hydrogen) atoms. The first kappa shape index (κ1) is 19.8. The Kier molecular flexibility index (Phi) is 5.56. The van der Waals surface area contributed by atoms with E-state index < -0.39 is 0 Å². The van der Waals surface area contributed by atoms with Crippen LogP contribution in [0.3, 0.4) is 0 Å². The van der Waals surface area contributed by atoms with E-state index in [0.29, 0.717) is 24.9 Å². The van der Waals surface area contributed by atoms with Crippen LogP contribution in [0.1, 0.15) is 38.8 Å². The second-order valence-corrected chi connectivity index (χ2v) is 8.48. The first-order valence-electron chi connectivity index (χ1n) is 10.5. The molecule has 2 saturated heterocycles. The molecule has 156 valence electrons. The molecule has 1 N–H and O–H groups in total. The van der Waals surface area contributed by atoms with Crippen molar-refractivity contribution in [2.75, 3.05) is 44.2 Å². The quantitative estimate of drug-likeness (QED) is 0.835. The number of fused-ring (bicyclic) bond motifs is 1. The third-order valence-corrected chi connectivity index (χ3v) is 5.93. The summed E-state index contributed by atoms with van der Waals surface area (Å²) in [5.74, 6) is 0.470. The van der Waals surface area contributed by atoms with Crippen molar-refractivity contribution in [3.8, 4) is 0 Å². The van der Waals surface area contributed by atoms with Crippen molar-refractivity contribution >= 4 is 23.1 Å². The Morgan fingerprint density at radius 1 is 1.10 bits per heavy atom. The van der Waals surface area contributed by atoms with E-state index in [9.17, 15) is 9.59 Å². The normalized spacial score (nSPS) is 20.5. The van der Waals surface area contributed by atoms with Crippen LogP contribution in [0.5, 0.6) is 0 Å². The summed E-state index contributed by atoms with van der Waals surface area (Å²) in [6, 6.07) is 4.14. The zero-order valence-electron chi connectivity index (χ0n) is 17.5. The number of nitrogens with one attached hydrogen (secondary N) is 1. The average molecular weight is 399 g/mol. The number of hydrogen-bond acceptors (Lipinski definition) is 5. The molecular weight excluding hydrogens is 368 g/mol. The highest BCUT2D eigenvalue weighted by atomic mass is 16.2. The fraction of sp³-hybridized carbons (Fsp3) is 0.571. The van der Waals surface area contributed by atoms with Gasteiger partial charge in [-0.05, 0) is 30.5 Å². The van der Waals surface area contributed by atoms with Gasteiger partial charge in [0, 0.05) is 57.9 Å². The standard InChI is InChI=1S/C21H30N6O2/c1-15(2)14-24-8-10-25(11-9-24)16(3)17-4-7-27-18(12-17)19(13-22-27)26-6-5-20(28)23-21(26)29/h4,7,12-13,15-16H,5-6,8-11,14H2,1-3H3,(H,23,28,29).